The number of hydrogen-bond acceptors (Lipinski definition) is 1. The molecule has 100 valence electrons. The maximum Gasteiger partial charge on any atom is 0.0258 e. The van der Waals surface area contributed by atoms with E-state index in [0.717, 1.165) is 13.0 Å². The van der Waals surface area contributed by atoms with Crippen LogP contribution in [0.4, 0.5) is 0 Å². The standard InChI is InChI=1S/C17H25N.H2/c1-6-11-18-13-14(2)12-15-7-9-16(10-8-15)17(3,4)5;/h7-10,14,18H,12-13H2,1-5H3;1H. The zero-order valence-corrected chi connectivity index (χ0v) is 12.3. The van der Waals surface area contributed by atoms with Crippen molar-refractivity contribution >= 4 is 0 Å². The molecule has 0 saturated heterocycles. The maximum atomic E-state index is 3.13. The normalized spacial score (nSPS) is 12.5. The molecule has 0 aliphatic rings. The minimum atomic E-state index is 0. The van der Waals surface area contributed by atoms with Crippen LogP contribution in [0.5, 0.6) is 0 Å². The van der Waals surface area contributed by atoms with E-state index in [9.17, 15) is 0 Å². The summed E-state index contributed by atoms with van der Waals surface area (Å²) in [7, 11) is 0. The fourth-order valence-electron chi connectivity index (χ4n) is 1.93. The molecule has 0 bridgehead atoms. The van der Waals surface area contributed by atoms with Gasteiger partial charge < -0.3 is 5.32 Å². The first kappa shape index (κ1) is 14.6. The lowest BCUT2D eigenvalue weighted by atomic mass is 9.86. The van der Waals surface area contributed by atoms with Crippen LogP contribution in [0, 0.1) is 17.9 Å². The summed E-state index contributed by atoms with van der Waals surface area (Å²) in [4.78, 5) is 0. The van der Waals surface area contributed by atoms with E-state index in [1.807, 2.05) is 6.92 Å². The molecule has 0 saturated carbocycles. The summed E-state index contributed by atoms with van der Waals surface area (Å²) >= 11 is 0. The van der Waals surface area contributed by atoms with Crippen molar-refractivity contribution in [2.45, 2.75) is 46.5 Å². The second kappa shape index (κ2) is 6.50. The third-order valence-electron chi connectivity index (χ3n) is 3.07. The minimum absolute atomic E-state index is 0. The Morgan fingerprint density at radius 1 is 1.22 bits per heavy atom. The van der Waals surface area contributed by atoms with Crippen molar-refractivity contribution in [3.63, 3.8) is 0 Å². The molecule has 0 aliphatic carbocycles. The van der Waals surface area contributed by atoms with Crippen LogP contribution < -0.4 is 5.32 Å². The van der Waals surface area contributed by atoms with Crippen molar-refractivity contribution in [3.8, 4) is 12.0 Å². The molecular weight excluding hydrogens is 218 g/mol. The van der Waals surface area contributed by atoms with Gasteiger partial charge in [-0.05, 0) is 35.8 Å². The second-order valence-corrected chi connectivity index (χ2v) is 6.01. The Morgan fingerprint density at radius 2 is 1.83 bits per heavy atom. The smallest absolute Gasteiger partial charge is 0.0258 e. The van der Waals surface area contributed by atoms with E-state index < -0.39 is 0 Å². The molecule has 1 aromatic carbocycles. The van der Waals surface area contributed by atoms with Crippen molar-refractivity contribution in [3.05, 3.63) is 35.4 Å². The Labute approximate surface area is 113 Å². The quantitative estimate of drug-likeness (QED) is 0.625. The summed E-state index contributed by atoms with van der Waals surface area (Å²) in [5.41, 5.74) is 3.04. The molecule has 1 heteroatoms. The predicted octanol–water partition coefficient (Wildman–Crippen LogP) is 3.98. The first-order chi connectivity index (χ1) is 8.43. The lowest BCUT2D eigenvalue weighted by Crippen LogP contribution is -2.18. The van der Waals surface area contributed by atoms with Crippen molar-refractivity contribution in [1.82, 2.24) is 5.32 Å². The lowest BCUT2D eigenvalue weighted by Gasteiger charge is -2.19. The van der Waals surface area contributed by atoms with Crippen LogP contribution in [-0.2, 0) is 11.8 Å². The Bertz CT molecular complexity index is 417. The molecule has 0 fully saturated rings. The first-order valence-corrected chi connectivity index (χ1v) is 6.67. The summed E-state index contributed by atoms with van der Waals surface area (Å²) in [6.45, 7) is 11.8. The number of nitrogens with one attached hydrogen (secondary N) is 1. The average Bonchev–Trinajstić information content (AvgIpc) is 2.29. The van der Waals surface area contributed by atoms with Gasteiger partial charge in [0.1, 0.15) is 0 Å². The molecule has 18 heavy (non-hydrogen) atoms. The molecule has 0 aromatic heterocycles. The van der Waals surface area contributed by atoms with Gasteiger partial charge in [0.15, 0.2) is 0 Å². The maximum absolute atomic E-state index is 3.13. The van der Waals surface area contributed by atoms with Gasteiger partial charge in [0.05, 0.1) is 0 Å². The molecule has 1 rings (SSSR count). The van der Waals surface area contributed by atoms with E-state index in [4.69, 9.17) is 0 Å². The van der Waals surface area contributed by atoms with Gasteiger partial charge in [-0.3, -0.25) is 0 Å². The zero-order valence-electron chi connectivity index (χ0n) is 12.3. The monoisotopic (exact) mass is 245 g/mol. The Balaban J connectivity index is 0.00000324. The van der Waals surface area contributed by atoms with E-state index in [1.165, 1.54) is 11.1 Å². The van der Waals surface area contributed by atoms with Crippen LogP contribution >= 0.6 is 0 Å². The van der Waals surface area contributed by atoms with Gasteiger partial charge in [-0.15, -0.1) is 0 Å². The van der Waals surface area contributed by atoms with Gasteiger partial charge >= 0.3 is 0 Å². The summed E-state index contributed by atoms with van der Waals surface area (Å²) in [5.74, 6) is 3.45. The SMILES string of the molecule is CC#CNCC(C)Cc1ccc(C(C)(C)C)cc1.[HH]. The van der Waals surface area contributed by atoms with Gasteiger partial charge in [0.25, 0.3) is 0 Å². The van der Waals surface area contributed by atoms with Crippen molar-refractivity contribution in [1.29, 1.82) is 0 Å². The molecule has 0 spiro atoms. The zero-order chi connectivity index (χ0) is 13.6. The molecule has 0 heterocycles. The number of rotatable bonds is 4. The molecule has 1 unspecified atom stereocenters. The van der Waals surface area contributed by atoms with Crippen LogP contribution in [0.3, 0.4) is 0 Å². The van der Waals surface area contributed by atoms with Gasteiger partial charge in [-0.1, -0.05) is 57.9 Å². The molecule has 1 nitrogen and oxygen atoms in total. The topological polar surface area (TPSA) is 12.0 Å². The van der Waals surface area contributed by atoms with Crippen LogP contribution in [0.1, 0.15) is 47.2 Å². The minimum Gasteiger partial charge on any atom is -0.346 e. The van der Waals surface area contributed by atoms with Gasteiger partial charge in [0.2, 0.25) is 0 Å². The summed E-state index contributed by atoms with van der Waals surface area (Å²) < 4.78 is 0. The van der Waals surface area contributed by atoms with Crippen molar-refractivity contribution in [2.75, 3.05) is 6.54 Å². The molecule has 0 radical (unpaired) electrons. The highest BCUT2D eigenvalue weighted by Gasteiger charge is 2.13. The van der Waals surface area contributed by atoms with Crippen LogP contribution in [0.2, 0.25) is 0 Å². The second-order valence-electron chi connectivity index (χ2n) is 6.01. The third kappa shape index (κ3) is 4.84. The van der Waals surface area contributed by atoms with E-state index in [0.29, 0.717) is 5.92 Å². The first-order valence-electron chi connectivity index (χ1n) is 6.67. The highest BCUT2D eigenvalue weighted by molar-refractivity contribution is 5.27. The molecule has 1 aromatic rings. The van der Waals surface area contributed by atoms with E-state index in [1.54, 1.807) is 0 Å². The van der Waals surface area contributed by atoms with E-state index in [2.05, 4.69) is 69.2 Å². The lowest BCUT2D eigenvalue weighted by molar-refractivity contribution is 0.558. The van der Waals surface area contributed by atoms with Crippen LogP contribution in [-0.4, -0.2) is 6.54 Å². The summed E-state index contributed by atoms with van der Waals surface area (Å²) in [6.07, 6.45) is 1.10. The van der Waals surface area contributed by atoms with E-state index >= 15 is 0 Å². The van der Waals surface area contributed by atoms with Gasteiger partial charge in [0, 0.05) is 14.0 Å². The number of benzene rings is 1. The van der Waals surface area contributed by atoms with Gasteiger partial charge in [-0.2, -0.15) is 0 Å². The fraction of sp³-hybridized carbons (Fsp3) is 0.529. The molecule has 0 aliphatic heterocycles. The van der Waals surface area contributed by atoms with E-state index in [-0.39, 0.29) is 6.84 Å². The Hall–Kier alpha value is -1.42. The molecule has 1 N–H and O–H groups in total. The summed E-state index contributed by atoms with van der Waals surface area (Å²) in [6, 6.07) is 11.9. The molecular formula is C17H27N. The Kier molecular flexibility index (Phi) is 5.28. The fourth-order valence-corrected chi connectivity index (χ4v) is 1.93. The number of hydrogen-bond donors (Lipinski definition) is 1. The Morgan fingerprint density at radius 3 is 2.33 bits per heavy atom. The van der Waals surface area contributed by atoms with Crippen molar-refractivity contribution < 1.29 is 1.43 Å². The predicted molar refractivity (Wildman–Crippen MR) is 81.6 cm³/mol. The molecule has 1 atom stereocenters. The third-order valence-corrected chi connectivity index (χ3v) is 3.07. The van der Waals surface area contributed by atoms with Crippen LogP contribution in [0.25, 0.3) is 0 Å². The average molecular weight is 245 g/mol. The highest BCUT2D eigenvalue weighted by atomic mass is 14.8. The highest BCUT2D eigenvalue weighted by Crippen LogP contribution is 2.22. The van der Waals surface area contributed by atoms with Crippen molar-refractivity contribution in [2.24, 2.45) is 5.92 Å². The van der Waals surface area contributed by atoms with Crippen LogP contribution in [0.15, 0.2) is 24.3 Å². The van der Waals surface area contributed by atoms with Gasteiger partial charge in [-0.25, -0.2) is 0 Å². The largest absolute Gasteiger partial charge is 0.346 e. The molecule has 0 amide bonds. The summed E-state index contributed by atoms with van der Waals surface area (Å²) in [5, 5.41) is 3.13.